The monoisotopic (exact) mass is 304 g/mol. The Bertz CT molecular complexity index is 498. The van der Waals surface area contributed by atoms with Crippen LogP contribution in [-0.4, -0.2) is 41.1 Å². The smallest absolute Gasteiger partial charge is 0.393 e. The minimum atomic E-state index is -4.79. The molecule has 0 spiro atoms. The van der Waals surface area contributed by atoms with Gasteiger partial charge in [-0.2, -0.15) is 13.2 Å². The number of nitrogens with zero attached hydrogens (tertiary/aromatic N) is 1. The molecule has 1 aliphatic heterocycles. The predicted octanol–water partition coefficient (Wildman–Crippen LogP) is 0.402. The molecule has 1 aliphatic rings. The first kappa shape index (κ1) is 15.2. The normalized spacial score (nSPS) is 23.4. The molecule has 5 nitrogen and oxygen atoms in total. The molecule has 2 N–H and O–H groups in total. The third-order valence-electron chi connectivity index (χ3n) is 2.76. The van der Waals surface area contributed by atoms with Gasteiger partial charge in [0.1, 0.15) is 5.92 Å². The van der Waals surface area contributed by atoms with E-state index in [0.717, 1.165) is 13.8 Å². The molecule has 1 saturated heterocycles. The van der Waals surface area contributed by atoms with Crippen molar-refractivity contribution in [3.05, 3.63) is 0 Å². The Balaban J connectivity index is 3.00. The summed E-state index contributed by atoms with van der Waals surface area (Å²) in [7, 11) is -4.07. The van der Waals surface area contributed by atoms with Gasteiger partial charge in [0.2, 0.25) is 0 Å². The van der Waals surface area contributed by atoms with Gasteiger partial charge in [0.25, 0.3) is 15.9 Å². The summed E-state index contributed by atoms with van der Waals surface area (Å²) in [5.41, 5.74) is 4.93. The lowest BCUT2D eigenvalue weighted by atomic mass is 10.1. The average molecular weight is 304 g/mol. The van der Waals surface area contributed by atoms with Crippen molar-refractivity contribution in [3.8, 4) is 0 Å². The van der Waals surface area contributed by atoms with Crippen LogP contribution in [0.5, 0.6) is 0 Å². The quantitative estimate of drug-likeness (QED) is 0.764. The second-order valence-corrected chi connectivity index (χ2v) is 7.23. The molecule has 0 radical (unpaired) electrons. The summed E-state index contributed by atoms with van der Waals surface area (Å²) in [6.45, 7) is 1.17. The van der Waals surface area contributed by atoms with Crippen molar-refractivity contribution in [2.75, 3.05) is 6.54 Å². The molecular formula is C8H11F3N2O3S2. The largest absolute Gasteiger partial charge is 0.399 e. The standard InChI is InChI=1S/C8H11F3N2O3S2/c1-7(2)6(14)13(18(7,15)16)3-4(5(12)17)8(9,10)11/h4H,3H2,1-2H3,(H2,12,17). The van der Waals surface area contributed by atoms with Gasteiger partial charge in [0.05, 0.1) is 11.5 Å². The van der Waals surface area contributed by atoms with Gasteiger partial charge in [-0.05, 0) is 13.8 Å². The molecule has 0 bridgehead atoms. The van der Waals surface area contributed by atoms with Crippen LogP contribution in [0.1, 0.15) is 13.8 Å². The van der Waals surface area contributed by atoms with Crippen molar-refractivity contribution >= 4 is 33.1 Å². The van der Waals surface area contributed by atoms with E-state index in [1.807, 2.05) is 0 Å². The highest BCUT2D eigenvalue weighted by Crippen LogP contribution is 2.37. The predicted molar refractivity (Wildman–Crippen MR) is 61.0 cm³/mol. The highest BCUT2D eigenvalue weighted by Gasteiger charge is 2.61. The lowest BCUT2D eigenvalue weighted by Gasteiger charge is -2.44. The Morgan fingerprint density at radius 2 is 1.94 bits per heavy atom. The van der Waals surface area contributed by atoms with Gasteiger partial charge in [-0.3, -0.25) is 4.79 Å². The van der Waals surface area contributed by atoms with Crippen LogP contribution in [-0.2, 0) is 14.8 Å². The number of hydrogen-bond donors (Lipinski definition) is 1. The summed E-state index contributed by atoms with van der Waals surface area (Å²) < 4.78 is 59.4. The molecule has 1 heterocycles. The van der Waals surface area contributed by atoms with Gasteiger partial charge in [-0.25, -0.2) is 12.7 Å². The molecule has 1 fully saturated rings. The molecule has 1 unspecified atom stereocenters. The number of halogens is 3. The van der Waals surface area contributed by atoms with E-state index < -0.39 is 44.3 Å². The Morgan fingerprint density at radius 3 is 2.22 bits per heavy atom. The first-order chi connectivity index (χ1) is 7.83. The fraction of sp³-hybridized carbons (Fsp3) is 0.750. The van der Waals surface area contributed by atoms with Gasteiger partial charge in [0, 0.05) is 0 Å². The van der Waals surface area contributed by atoms with E-state index in [1.165, 1.54) is 0 Å². The molecule has 0 aromatic heterocycles. The number of nitrogens with two attached hydrogens (primary N) is 1. The number of thiocarbonyl (C=S) groups is 1. The topological polar surface area (TPSA) is 80.5 Å². The molecule has 1 atom stereocenters. The Morgan fingerprint density at radius 1 is 1.50 bits per heavy atom. The van der Waals surface area contributed by atoms with Crippen LogP contribution in [0.4, 0.5) is 13.2 Å². The van der Waals surface area contributed by atoms with Crippen molar-refractivity contribution in [2.45, 2.75) is 24.8 Å². The summed E-state index contributed by atoms with van der Waals surface area (Å²) in [5.74, 6) is -3.23. The maximum Gasteiger partial charge on any atom is 0.399 e. The number of alkyl halides is 3. The van der Waals surface area contributed by atoms with Crippen molar-refractivity contribution in [3.63, 3.8) is 0 Å². The SMILES string of the molecule is CC1(C)C(=O)N(CC(C(N)=S)C(F)(F)F)S1(=O)=O. The Kier molecular flexibility index (Phi) is 3.41. The molecular weight excluding hydrogens is 293 g/mol. The molecule has 0 aromatic rings. The maximum absolute atomic E-state index is 12.6. The highest BCUT2D eigenvalue weighted by atomic mass is 32.2. The lowest BCUT2D eigenvalue weighted by Crippen LogP contribution is -2.68. The third-order valence-corrected chi connectivity index (χ3v) is 5.41. The molecule has 18 heavy (non-hydrogen) atoms. The highest BCUT2D eigenvalue weighted by molar-refractivity contribution is 7.94. The summed E-state index contributed by atoms with van der Waals surface area (Å²) in [6, 6.07) is 0. The van der Waals surface area contributed by atoms with Gasteiger partial charge >= 0.3 is 6.18 Å². The Labute approximate surface area is 107 Å². The van der Waals surface area contributed by atoms with Gasteiger partial charge in [-0.15, -0.1) is 0 Å². The molecule has 10 heteroatoms. The second-order valence-electron chi connectivity index (χ2n) is 4.35. The van der Waals surface area contributed by atoms with Crippen molar-refractivity contribution in [1.82, 2.24) is 4.31 Å². The van der Waals surface area contributed by atoms with E-state index in [2.05, 4.69) is 12.2 Å². The first-order valence-corrected chi connectivity index (χ1v) is 6.61. The summed E-state index contributed by atoms with van der Waals surface area (Å²) in [5, 5.41) is 0. The molecule has 1 rings (SSSR count). The molecule has 0 saturated carbocycles. The van der Waals surface area contributed by atoms with Crippen molar-refractivity contribution in [2.24, 2.45) is 11.7 Å². The van der Waals surface area contributed by atoms with Crippen LogP contribution in [0.15, 0.2) is 0 Å². The van der Waals surface area contributed by atoms with E-state index in [9.17, 15) is 26.4 Å². The first-order valence-electron chi connectivity index (χ1n) is 4.76. The van der Waals surface area contributed by atoms with E-state index in [4.69, 9.17) is 5.73 Å². The van der Waals surface area contributed by atoms with Crippen molar-refractivity contribution < 1.29 is 26.4 Å². The van der Waals surface area contributed by atoms with E-state index in [0.29, 0.717) is 0 Å². The average Bonchev–Trinajstić information content (AvgIpc) is 2.14. The van der Waals surface area contributed by atoms with E-state index in [-0.39, 0.29) is 4.31 Å². The van der Waals surface area contributed by atoms with Crippen molar-refractivity contribution in [1.29, 1.82) is 0 Å². The molecule has 0 aliphatic carbocycles. The van der Waals surface area contributed by atoms with Crippen LogP contribution in [0, 0.1) is 5.92 Å². The maximum atomic E-state index is 12.6. The zero-order valence-electron chi connectivity index (χ0n) is 9.48. The molecule has 104 valence electrons. The van der Waals surface area contributed by atoms with Crippen LogP contribution < -0.4 is 5.73 Å². The number of carbonyl (C=O) groups is 1. The Hall–Kier alpha value is -0.900. The summed E-state index contributed by atoms with van der Waals surface area (Å²) in [6.07, 6.45) is -4.79. The zero-order chi connectivity index (χ0) is 14.5. The van der Waals surface area contributed by atoms with E-state index in [1.54, 1.807) is 0 Å². The van der Waals surface area contributed by atoms with Gasteiger partial charge < -0.3 is 5.73 Å². The van der Waals surface area contributed by atoms with Crippen LogP contribution >= 0.6 is 12.2 Å². The number of sulfonamides is 1. The zero-order valence-corrected chi connectivity index (χ0v) is 11.1. The lowest BCUT2D eigenvalue weighted by molar-refractivity contribution is -0.160. The second kappa shape index (κ2) is 4.05. The summed E-state index contributed by atoms with van der Waals surface area (Å²) in [4.78, 5) is 10.6. The third kappa shape index (κ3) is 2.07. The van der Waals surface area contributed by atoms with Gasteiger partial charge in [0.15, 0.2) is 4.75 Å². The van der Waals surface area contributed by atoms with Gasteiger partial charge in [-0.1, -0.05) is 12.2 Å². The fourth-order valence-corrected chi connectivity index (χ4v) is 3.21. The summed E-state index contributed by atoms with van der Waals surface area (Å²) >= 11 is 4.25. The van der Waals surface area contributed by atoms with Crippen LogP contribution in [0.25, 0.3) is 0 Å². The number of hydrogen-bond acceptors (Lipinski definition) is 4. The molecule has 0 aromatic carbocycles. The number of carbonyl (C=O) groups excluding carboxylic acids is 1. The number of amides is 1. The number of rotatable bonds is 3. The fourth-order valence-electron chi connectivity index (χ4n) is 1.46. The molecule has 1 amide bonds. The minimum Gasteiger partial charge on any atom is -0.393 e. The van der Waals surface area contributed by atoms with Crippen LogP contribution in [0.2, 0.25) is 0 Å². The minimum absolute atomic E-state index is 0.171. The van der Waals surface area contributed by atoms with Crippen LogP contribution in [0.3, 0.4) is 0 Å². The van der Waals surface area contributed by atoms with E-state index >= 15 is 0 Å².